The Morgan fingerprint density at radius 3 is 0.750 bits per heavy atom. The van der Waals surface area contributed by atoms with E-state index in [4.69, 9.17) is 5.73 Å². The van der Waals surface area contributed by atoms with Crippen LogP contribution in [0, 0.1) is 0 Å². The van der Waals surface area contributed by atoms with Gasteiger partial charge in [-0.3, -0.25) is 0 Å². The SMILES string of the molecule is CC(C)(C)[Si](C)(C)C(CN)([Si](C)(C)C(C)(C)C)[Si](C)(C)C(C)(C)C. The van der Waals surface area contributed by atoms with Crippen LogP contribution in [-0.4, -0.2) is 30.8 Å². The van der Waals surface area contributed by atoms with Crippen LogP contribution in [-0.2, 0) is 0 Å². The second-order valence-corrected chi connectivity index (χ2v) is 31.0. The average Bonchev–Trinajstić information content (AvgIpc) is 2.24. The first-order chi connectivity index (χ1) is 10.1. The molecule has 0 heterocycles. The summed E-state index contributed by atoms with van der Waals surface area (Å²) in [7, 11) is -5.03. The van der Waals surface area contributed by atoms with Crippen molar-refractivity contribution in [1.29, 1.82) is 0 Å². The monoisotopic (exact) mass is 387 g/mol. The van der Waals surface area contributed by atoms with Crippen LogP contribution in [0.25, 0.3) is 0 Å². The van der Waals surface area contributed by atoms with E-state index in [1.165, 1.54) is 0 Å². The zero-order chi connectivity index (χ0) is 20.2. The van der Waals surface area contributed by atoms with Crippen LogP contribution in [0.1, 0.15) is 62.3 Å². The third-order valence-corrected chi connectivity index (χ3v) is 38.6. The molecule has 2 N–H and O–H groups in total. The lowest BCUT2D eigenvalue weighted by atomic mass is 10.2. The third kappa shape index (κ3) is 3.18. The minimum atomic E-state index is -1.68. The molecule has 0 saturated heterocycles. The molecule has 0 rings (SSSR count). The Labute approximate surface area is 157 Å². The van der Waals surface area contributed by atoms with Gasteiger partial charge < -0.3 is 5.73 Å². The summed E-state index contributed by atoms with van der Waals surface area (Å²) in [6.07, 6.45) is 0. The quantitative estimate of drug-likeness (QED) is 0.503. The predicted molar refractivity (Wildman–Crippen MR) is 123 cm³/mol. The highest BCUT2D eigenvalue weighted by atomic mass is 28.5. The third-order valence-electron chi connectivity index (χ3n) is 9.13. The molecule has 0 atom stereocenters. The summed E-state index contributed by atoms with van der Waals surface area (Å²) in [5, 5.41) is 1.08. The fourth-order valence-corrected chi connectivity index (χ4v) is 35.9. The second kappa shape index (κ2) is 6.35. The van der Waals surface area contributed by atoms with E-state index in [-0.39, 0.29) is 0 Å². The lowest BCUT2D eigenvalue weighted by molar-refractivity contribution is 0.619. The Balaban J connectivity index is 7.22. The summed E-state index contributed by atoms with van der Waals surface area (Å²) in [5.74, 6) is 0. The zero-order valence-corrected chi connectivity index (χ0v) is 22.8. The molecule has 0 bridgehead atoms. The molecule has 0 amide bonds. The van der Waals surface area contributed by atoms with E-state index >= 15 is 0 Å². The molecular formula is C20H49NSi3. The normalized spacial score (nSPS) is 16.5. The molecule has 0 aromatic rings. The van der Waals surface area contributed by atoms with Crippen molar-refractivity contribution in [1.82, 2.24) is 0 Å². The van der Waals surface area contributed by atoms with Crippen LogP contribution in [0.4, 0.5) is 0 Å². The fourth-order valence-electron chi connectivity index (χ4n) is 5.03. The van der Waals surface area contributed by atoms with Crippen molar-refractivity contribution in [2.75, 3.05) is 6.54 Å². The summed E-state index contributed by atoms with van der Waals surface area (Å²) in [6, 6.07) is 0. The lowest BCUT2D eigenvalue weighted by Gasteiger charge is -2.70. The van der Waals surface area contributed by atoms with Gasteiger partial charge in [0, 0.05) is 0 Å². The molecule has 146 valence electrons. The minimum Gasteiger partial charge on any atom is -0.331 e. The van der Waals surface area contributed by atoms with Gasteiger partial charge >= 0.3 is 0 Å². The summed E-state index contributed by atoms with van der Waals surface area (Å²) < 4.78 is 0.377. The Hall–Kier alpha value is 0.611. The summed E-state index contributed by atoms with van der Waals surface area (Å²) in [4.78, 5) is 0. The highest BCUT2D eigenvalue weighted by Gasteiger charge is 2.70. The van der Waals surface area contributed by atoms with Crippen LogP contribution in [0.3, 0.4) is 0 Å². The standard InChI is InChI=1S/C20H49NSi3/c1-17(2,3)22(10,11)20(16-21,23(12,13)18(4,5)6)24(14,15)19(7,8)9/h16,21H2,1-15H3. The summed E-state index contributed by atoms with van der Waals surface area (Å²) >= 11 is 0. The molecular weight excluding hydrogens is 338 g/mol. The van der Waals surface area contributed by atoms with Crippen molar-refractivity contribution in [3.05, 3.63) is 0 Å². The van der Waals surface area contributed by atoms with Crippen LogP contribution >= 0.6 is 0 Å². The smallest absolute Gasteiger partial charge is 0.0550 e. The average molecular weight is 388 g/mol. The first kappa shape index (κ1) is 24.6. The maximum Gasteiger partial charge on any atom is 0.0550 e. The van der Waals surface area contributed by atoms with Gasteiger partial charge in [0.25, 0.3) is 0 Å². The molecule has 0 aliphatic rings. The van der Waals surface area contributed by atoms with E-state index in [2.05, 4.69) is 102 Å². The topological polar surface area (TPSA) is 26.0 Å². The van der Waals surface area contributed by atoms with Crippen LogP contribution in [0.15, 0.2) is 0 Å². The van der Waals surface area contributed by atoms with E-state index in [1.54, 1.807) is 0 Å². The van der Waals surface area contributed by atoms with E-state index in [0.29, 0.717) is 19.4 Å². The molecule has 0 radical (unpaired) electrons. The molecule has 0 aliphatic heterocycles. The van der Waals surface area contributed by atoms with Crippen molar-refractivity contribution in [3.63, 3.8) is 0 Å². The van der Waals surface area contributed by atoms with E-state index in [0.717, 1.165) is 6.54 Å². The Morgan fingerprint density at radius 2 is 0.667 bits per heavy atom. The Morgan fingerprint density at radius 1 is 0.500 bits per heavy atom. The second-order valence-electron chi connectivity index (χ2n) is 12.7. The fraction of sp³-hybridized carbons (Fsp3) is 1.00. The van der Waals surface area contributed by atoms with Crippen LogP contribution in [0.5, 0.6) is 0 Å². The molecule has 0 unspecified atom stereocenters. The van der Waals surface area contributed by atoms with Gasteiger partial charge in [-0.1, -0.05) is 102 Å². The maximum atomic E-state index is 6.86. The van der Waals surface area contributed by atoms with Crippen molar-refractivity contribution >= 4 is 24.2 Å². The number of nitrogens with two attached hydrogens (primary N) is 1. The van der Waals surface area contributed by atoms with E-state index in [1.807, 2.05) is 0 Å². The van der Waals surface area contributed by atoms with Crippen molar-refractivity contribution in [2.45, 2.75) is 121 Å². The molecule has 0 spiro atoms. The number of hydrogen-bond acceptors (Lipinski definition) is 1. The van der Waals surface area contributed by atoms with E-state index < -0.39 is 24.2 Å². The van der Waals surface area contributed by atoms with Crippen molar-refractivity contribution in [2.24, 2.45) is 5.73 Å². The van der Waals surface area contributed by atoms with Gasteiger partial charge in [0.05, 0.1) is 24.2 Å². The van der Waals surface area contributed by atoms with Gasteiger partial charge in [0.2, 0.25) is 0 Å². The van der Waals surface area contributed by atoms with Gasteiger partial charge in [-0.25, -0.2) is 0 Å². The van der Waals surface area contributed by atoms with Crippen LogP contribution < -0.4 is 5.73 Å². The molecule has 0 saturated carbocycles. The minimum absolute atomic E-state index is 0.359. The molecule has 4 heteroatoms. The number of hydrogen-bond donors (Lipinski definition) is 1. The molecule has 0 aromatic carbocycles. The largest absolute Gasteiger partial charge is 0.331 e. The number of rotatable bonds is 4. The van der Waals surface area contributed by atoms with Gasteiger partial charge in [0.15, 0.2) is 0 Å². The van der Waals surface area contributed by atoms with Gasteiger partial charge in [-0.05, 0) is 25.9 Å². The molecule has 0 aliphatic carbocycles. The molecule has 0 aromatic heterocycles. The predicted octanol–water partition coefficient (Wildman–Crippen LogP) is 7.29. The summed E-state index contributed by atoms with van der Waals surface area (Å²) in [6.45, 7) is 39.3. The maximum absolute atomic E-state index is 6.86. The van der Waals surface area contributed by atoms with Crippen molar-refractivity contribution in [3.8, 4) is 0 Å². The first-order valence-corrected chi connectivity index (χ1v) is 18.8. The molecule has 0 fully saturated rings. The van der Waals surface area contributed by atoms with Gasteiger partial charge in [-0.2, -0.15) is 0 Å². The zero-order valence-electron chi connectivity index (χ0n) is 19.8. The Bertz CT molecular complexity index is 378. The Kier molecular flexibility index (Phi) is 6.51. The highest BCUT2D eigenvalue weighted by molar-refractivity contribution is 7.18. The first-order valence-electron chi connectivity index (χ1n) is 9.76. The lowest BCUT2D eigenvalue weighted by Crippen LogP contribution is -2.77. The molecule has 1 nitrogen and oxygen atoms in total. The highest BCUT2D eigenvalue weighted by Crippen LogP contribution is 2.68. The molecule has 24 heavy (non-hydrogen) atoms. The van der Waals surface area contributed by atoms with Gasteiger partial charge in [-0.15, -0.1) is 0 Å². The van der Waals surface area contributed by atoms with Crippen molar-refractivity contribution < 1.29 is 0 Å². The van der Waals surface area contributed by atoms with Crippen LogP contribution in [0.2, 0.25) is 58.7 Å². The summed E-state index contributed by atoms with van der Waals surface area (Å²) in [5.41, 5.74) is 6.86. The van der Waals surface area contributed by atoms with E-state index in [9.17, 15) is 0 Å². The van der Waals surface area contributed by atoms with Gasteiger partial charge in [0.1, 0.15) is 0 Å².